The molecule has 1 fully saturated rings. The minimum atomic E-state index is -0.0524. The first-order valence-electron chi connectivity index (χ1n) is 6.54. The molecule has 0 aliphatic carbocycles. The SMILES string of the molecule is CCC#CCC#CCC#CCOC1CCCCO1. The summed E-state index contributed by atoms with van der Waals surface area (Å²) in [6.45, 7) is 3.27. The van der Waals surface area contributed by atoms with E-state index in [4.69, 9.17) is 9.47 Å². The van der Waals surface area contributed by atoms with E-state index in [0.29, 0.717) is 19.4 Å². The van der Waals surface area contributed by atoms with Crippen LogP contribution in [0.1, 0.15) is 45.4 Å². The lowest BCUT2D eigenvalue weighted by molar-refractivity contribution is -0.154. The number of hydrogen-bond acceptors (Lipinski definition) is 2. The van der Waals surface area contributed by atoms with Crippen molar-refractivity contribution in [3.8, 4) is 35.5 Å². The molecule has 1 rings (SSSR count). The van der Waals surface area contributed by atoms with E-state index in [2.05, 4.69) is 35.5 Å². The highest BCUT2D eigenvalue weighted by molar-refractivity contribution is 5.16. The van der Waals surface area contributed by atoms with Crippen molar-refractivity contribution in [2.24, 2.45) is 0 Å². The van der Waals surface area contributed by atoms with Crippen molar-refractivity contribution in [1.82, 2.24) is 0 Å². The molecule has 1 heterocycles. The molecule has 96 valence electrons. The van der Waals surface area contributed by atoms with Crippen molar-refractivity contribution in [1.29, 1.82) is 0 Å². The maximum Gasteiger partial charge on any atom is 0.158 e. The fourth-order valence-corrected chi connectivity index (χ4v) is 1.49. The van der Waals surface area contributed by atoms with Gasteiger partial charge in [-0.2, -0.15) is 0 Å². The van der Waals surface area contributed by atoms with Crippen LogP contribution in [-0.2, 0) is 9.47 Å². The van der Waals surface area contributed by atoms with Gasteiger partial charge in [-0.05, 0) is 19.3 Å². The monoisotopic (exact) mass is 244 g/mol. The Kier molecular flexibility index (Phi) is 8.74. The summed E-state index contributed by atoms with van der Waals surface area (Å²) in [5, 5.41) is 0. The molecule has 1 unspecified atom stereocenters. The Morgan fingerprint density at radius 3 is 2.39 bits per heavy atom. The summed E-state index contributed by atoms with van der Waals surface area (Å²) in [6.07, 6.45) is 5.37. The second-order valence-electron chi connectivity index (χ2n) is 3.87. The summed E-state index contributed by atoms with van der Waals surface area (Å²) in [7, 11) is 0. The molecule has 1 aliphatic rings. The highest BCUT2D eigenvalue weighted by Gasteiger charge is 2.12. The lowest BCUT2D eigenvalue weighted by atomic mass is 10.2. The van der Waals surface area contributed by atoms with E-state index < -0.39 is 0 Å². The molecular weight excluding hydrogens is 224 g/mol. The molecule has 18 heavy (non-hydrogen) atoms. The Bertz CT molecular complexity index is 386. The van der Waals surface area contributed by atoms with Crippen molar-refractivity contribution >= 4 is 0 Å². The minimum Gasteiger partial charge on any atom is -0.353 e. The predicted octanol–water partition coefficient (Wildman–Crippen LogP) is 2.73. The van der Waals surface area contributed by atoms with Crippen molar-refractivity contribution in [3.05, 3.63) is 0 Å². The Labute approximate surface area is 110 Å². The molecule has 0 spiro atoms. The van der Waals surface area contributed by atoms with Crippen molar-refractivity contribution < 1.29 is 9.47 Å². The maximum absolute atomic E-state index is 5.48. The molecule has 0 N–H and O–H groups in total. The number of rotatable bonds is 2. The molecule has 2 nitrogen and oxygen atoms in total. The molecule has 0 aromatic carbocycles. The Morgan fingerprint density at radius 2 is 1.72 bits per heavy atom. The number of ether oxygens (including phenoxy) is 2. The largest absolute Gasteiger partial charge is 0.353 e. The van der Waals surface area contributed by atoms with Gasteiger partial charge in [0.15, 0.2) is 6.29 Å². The molecule has 1 aliphatic heterocycles. The lowest BCUT2D eigenvalue weighted by Crippen LogP contribution is -2.22. The van der Waals surface area contributed by atoms with Crippen LogP contribution in [0.25, 0.3) is 0 Å². The van der Waals surface area contributed by atoms with Crippen molar-refractivity contribution in [2.75, 3.05) is 13.2 Å². The van der Waals surface area contributed by atoms with Gasteiger partial charge in [0.25, 0.3) is 0 Å². The highest BCUT2D eigenvalue weighted by atomic mass is 16.7. The zero-order chi connectivity index (χ0) is 12.9. The first-order valence-corrected chi connectivity index (χ1v) is 6.54. The Balaban J connectivity index is 2.03. The van der Waals surface area contributed by atoms with Crippen LogP contribution in [0.4, 0.5) is 0 Å². The van der Waals surface area contributed by atoms with Crippen LogP contribution in [0.3, 0.4) is 0 Å². The third-order valence-electron chi connectivity index (χ3n) is 2.38. The van der Waals surface area contributed by atoms with Gasteiger partial charge in [-0.1, -0.05) is 36.5 Å². The standard InChI is InChI=1S/C16H20O2/c1-2-3-4-5-6-7-8-9-11-14-17-16-13-10-12-15-18-16/h16H,2,5,8,10,12-15H2,1H3. The van der Waals surface area contributed by atoms with E-state index >= 15 is 0 Å². The first-order chi connectivity index (χ1) is 8.93. The second kappa shape index (κ2) is 10.7. The van der Waals surface area contributed by atoms with Crippen molar-refractivity contribution in [2.45, 2.75) is 51.7 Å². The average molecular weight is 244 g/mol. The van der Waals surface area contributed by atoms with E-state index in [1.54, 1.807) is 0 Å². The van der Waals surface area contributed by atoms with Crippen LogP contribution in [0, 0.1) is 35.5 Å². The van der Waals surface area contributed by atoms with E-state index in [1.165, 1.54) is 6.42 Å². The second-order valence-corrected chi connectivity index (χ2v) is 3.87. The third kappa shape index (κ3) is 7.81. The van der Waals surface area contributed by atoms with Crippen molar-refractivity contribution in [3.63, 3.8) is 0 Å². The van der Waals surface area contributed by atoms with Gasteiger partial charge < -0.3 is 9.47 Å². The summed E-state index contributed by atoms with van der Waals surface area (Å²) in [4.78, 5) is 0. The van der Waals surface area contributed by atoms with Crippen LogP contribution < -0.4 is 0 Å². The van der Waals surface area contributed by atoms with Gasteiger partial charge in [-0.3, -0.25) is 0 Å². The molecule has 1 saturated heterocycles. The normalized spacial score (nSPS) is 17.5. The van der Waals surface area contributed by atoms with E-state index in [9.17, 15) is 0 Å². The van der Waals surface area contributed by atoms with E-state index in [0.717, 1.165) is 25.9 Å². The number of hydrogen-bond donors (Lipinski definition) is 0. The molecule has 0 bridgehead atoms. The van der Waals surface area contributed by atoms with Gasteiger partial charge in [-0.25, -0.2) is 0 Å². The molecule has 1 atom stereocenters. The van der Waals surface area contributed by atoms with Crippen LogP contribution in [0.15, 0.2) is 0 Å². The van der Waals surface area contributed by atoms with E-state index in [-0.39, 0.29) is 6.29 Å². The zero-order valence-corrected chi connectivity index (χ0v) is 11.1. The average Bonchev–Trinajstić information content (AvgIpc) is 2.42. The first kappa shape index (κ1) is 14.7. The summed E-state index contributed by atoms with van der Waals surface area (Å²) in [5.74, 6) is 17.8. The van der Waals surface area contributed by atoms with Crippen LogP contribution in [0.5, 0.6) is 0 Å². The van der Waals surface area contributed by atoms with E-state index in [1.807, 2.05) is 6.92 Å². The smallest absolute Gasteiger partial charge is 0.158 e. The van der Waals surface area contributed by atoms with Gasteiger partial charge in [0.05, 0.1) is 12.8 Å². The molecule has 0 saturated carbocycles. The summed E-state index contributed by atoms with van der Waals surface area (Å²) in [6, 6.07) is 0. The van der Waals surface area contributed by atoms with Crippen LogP contribution in [-0.4, -0.2) is 19.5 Å². The third-order valence-corrected chi connectivity index (χ3v) is 2.38. The van der Waals surface area contributed by atoms with Gasteiger partial charge in [-0.15, -0.1) is 5.92 Å². The highest BCUT2D eigenvalue weighted by Crippen LogP contribution is 2.12. The fraction of sp³-hybridized carbons (Fsp3) is 0.625. The molecule has 0 aromatic rings. The molecule has 0 radical (unpaired) electrons. The Hall–Kier alpha value is -1.40. The van der Waals surface area contributed by atoms with Gasteiger partial charge in [0.1, 0.15) is 6.61 Å². The van der Waals surface area contributed by atoms with Gasteiger partial charge >= 0.3 is 0 Å². The predicted molar refractivity (Wildman–Crippen MR) is 72.4 cm³/mol. The molecule has 2 heteroatoms. The molecular formula is C16H20O2. The Morgan fingerprint density at radius 1 is 1.00 bits per heavy atom. The fourth-order valence-electron chi connectivity index (χ4n) is 1.49. The zero-order valence-electron chi connectivity index (χ0n) is 11.1. The topological polar surface area (TPSA) is 18.5 Å². The summed E-state index contributed by atoms with van der Waals surface area (Å²) >= 11 is 0. The maximum atomic E-state index is 5.48. The molecule has 0 amide bonds. The lowest BCUT2D eigenvalue weighted by Gasteiger charge is -2.21. The van der Waals surface area contributed by atoms with Crippen LogP contribution >= 0.6 is 0 Å². The molecule has 0 aromatic heterocycles. The summed E-state index contributed by atoms with van der Waals surface area (Å²) in [5.41, 5.74) is 0. The van der Waals surface area contributed by atoms with Gasteiger partial charge in [0, 0.05) is 13.0 Å². The summed E-state index contributed by atoms with van der Waals surface area (Å²) < 4.78 is 10.9. The van der Waals surface area contributed by atoms with Crippen LogP contribution in [0.2, 0.25) is 0 Å². The van der Waals surface area contributed by atoms with Gasteiger partial charge in [0.2, 0.25) is 0 Å². The quantitative estimate of drug-likeness (QED) is 0.695. The minimum absolute atomic E-state index is 0.0524.